The van der Waals surface area contributed by atoms with Crippen LogP contribution in [0.4, 0.5) is 0 Å². The van der Waals surface area contributed by atoms with E-state index in [2.05, 4.69) is 25.2 Å². The van der Waals surface area contributed by atoms with Crippen molar-refractivity contribution in [1.29, 1.82) is 0 Å². The van der Waals surface area contributed by atoms with Crippen LogP contribution in [0.25, 0.3) is 0 Å². The highest BCUT2D eigenvalue weighted by molar-refractivity contribution is 5.35. The Morgan fingerprint density at radius 1 is 1.18 bits per heavy atom. The zero-order valence-electron chi connectivity index (χ0n) is 11.2. The van der Waals surface area contributed by atoms with E-state index in [1.165, 1.54) is 5.56 Å². The van der Waals surface area contributed by atoms with E-state index in [0.717, 1.165) is 18.9 Å². The summed E-state index contributed by atoms with van der Waals surface area (Å²) < 4.78 is 10.5. The van der Waals surface area contributed by atoms with E-state index >= 15 is 0 Å². The predicted molar refractivity (Wildman–Crippen MR) is 70.5 cm³/mol. The van der Waals surface area contributed by atoms with Gasteiger partial charge < -0.3 is 14.8 Å². The molecule has 0 saturated heterocycles. The molecule has 1 rings (SSSR count). The summed E-state index contributed by atoms with van der Waals surface area (Å²) in [6.07, 6.45) is 0. The molecule has 0 saturated carbocycles. The maximum Gasteiger partial charge on any atom is 0.123 e. The Hall–Kier alpha value is -1.06. The number of para-hydroxylation sites is 1. The lowest BCUT2D eigenvalue weighted by atomic mass is 10.1. The van der Waals surface area contributed by atoms with Crippen LogP contribution in [0, 0.1) is 5.92 Å². The van der Waals surface area contributed by atoms with E-state index in [0.29, 0.717) is 5.92 Å². The topological polar surface area (TPSA) is 30.5 Å². The van der Waals surface area contributed by atoms with E-state index in [1.807, 2.05) is 18.2 Å². The molecule has 1 aromatic rings. The molecule has 0 aliphatic carbocycles. The second-order valence-electron chi connectivity index (χ2n) is 4.43. The molecule has 0 aliphatic rings. The monoisotopic (exact) mass is 237 g/mol. The first kappa shape index (κ1) is 14.0. The molecule has 1 aromatic carbocycles. The number of methoxy groups -OCH3 is 2. The number of hydrogen-bond acceptors (Lipinski definition) is 3. The van der Waals surface area contributed by atoms with Crippen molar-refractivity contribution in [3.63, 3.8) is 0 Å². The van der Waals surface area contributed by atoms with Crippen LogP contribution in [-0.4, -0.2) is 27.4 Å². The van der Waals surface area contributed by atoms with Gasteiger partial charge in [0.25, 0.3) is 0 Å². The lowest BCUT2D eigenvalue weighted by molar-refractivity contribution is 0.157. The molecule has 3 nitrogen and oxygen atoms in total. The summed E-state index contributed by atoms with van der Waals surface area (Å²) in [6, 6.07) is 8.39. The van der Waals surface area contributed by atoms with E-state index < -0.39 is 0 Å². The molecule has 1 unspecified atom stereocenters. The van der Waals surface area contributed by atoms with Gasteiger partial charge in [0.2, 0.25) is 0 Å². The standard InChI is InChI=1S/C14H23NO2/c1-11(10-16-3)9-15-12(2)13-7-5-6-8-14(13)17-4/h5-8,11-12,15H,9-10H2,1-4H3/t11?,12-/m1/s1. The van der Waals surface area contributed by atoms with Crippen LogP contribution < -0.4 is 10.1 Å². The lowest BCUT2D eigenvalue weighted by Crippen LogP contribution is -2.26. The summed E-state index contributed by atoms with van der Waals surface area (Å²) in [5.41, 5.74) is 1.19. The summed E-state index contributed by atoms with van der Waals surface area (Å²) in [5.74, 6) is 1.45. The molecule has 0 amide bonds. The summed E-state index contributed by atoms with van der Waals surface area (Å²) >= 11 is 0. The molecular weight excluding hydrogens is 214 g/mol. The average molecular weight is 237 g/mol. The molecule has 1 N–H and O–H groups in total. The number of ether oxygens (including phenoxy) is 2. The van der Waals surface area contributed by atoms with Gasteiger partial charge in [0.15, 0.2) is 0 Å². The van der Waals surface area contributed by atoms with Crippen LogP contribution in [0.1, 0.15) is 25.5 Å². The van der Waals surface area contributed by atoms with Crippen molar-refractivity contribution in [2.24, 2.45) is 5.92 Å². The fourth-order valence-electron chi connectivity index (χ4n) is 1.86. The number of benzene rings is 1. The van der Waals surface area contributed by atoms with Gasteiger partial charge in [0.1, 0.15) is 5.75 Å². The van der Waals surface area contributed by atoms with Crippen LogP contribution in [0.3, 0.4) is 0 Å². The van der Waals surface area contributed by atoms with E-state index in [1.54, 1.807) is 14.2 Å². The molecule has 0 radical (unpaired) electrons. The van der Waals surface area contributed by atoms with E-state index in [4.69, 9.17) is 9.47 Å². The smallest absolute Gasteiger partial charge is 0.123 e. The van der Waals surface area contributed by atoms with Crippen molar-refractivity contribution < 1.29 is 9.47 Å². The molecule has 2 atom stereocenters. The summed E-state index contributed by atoms with van der Waals surface area (Å²) in [4.78, 5) is 0. The Kier molecular flexibility index (Phi) is 6.01. The van der Waals surface area contributed by atoms with Gasteiger partial charge in [-0.25, -0.2) is 0 Å². The molecular formula is C14H23NO2. The van der Waals surface area contributed by atoms with Gasteiger partial charge in [-0.2, -0.15) is 0 Å². The zero-order valence-corrected chi connectivity index (χ0v) is 11.2. The minimum Gasteiger partial charge on any atom is -0.496 e. The highest BCUT2D eigenvalue weighted by atomic mass is 16.5. The Morgan fingerprint density at radius 2 is 1.88 bits per heavy atom. The normalized spacial score (nSPS) is 14.4. The van der Waals surface area contributed by atoms with E-state index in [-0.39, 0.29) is 6.04 Å². The van der Waals surface area contributed by atoms with Gasteiger partial charge in [0.05, 0.1) is 7.11 Å². The van der Waals surface area contributed by atoms with Gasteiger partial charge >= 0.3 is 0 Å². The third-order valence-corrected chi connectivity index (χ3v) is 2.83. The SMILES string of the molecule is COCC(C)CN[C@H](C)c1ccccc1OC. The second kappa shape index (κ2) is 7.30. The quantitative estimate of drug-likeness (QED) is 0.790. The van der Waals surface area contributed by atoms with Gasteiger partial charge in [-0.15, -0.1) is 0 Å². The third-order valence-electron chi connectivity index (χ3n) is 2.83. The lowest BCUT2D eigenvalue weighted by Gasteiger charge is -2.19. The first-order valence-electron chi connectivity index (χ1n) is 6.04. The third kappa shape index (κ3) is 4.36. The minimum atomic E-state index is 0.283. The number of hydrogen-bond donors (Lipinski definition) is 1. The second-order valence-corrected chi connectivity index (χ2v) is 4.43. The van der Waals surface area contributed by atoms with Crippen molar-refractivity contribution >= 4 is 0 Å². The van der Waals surface area contributed by atoms with Crippen molar-refractivity contribution in [3.05, 3.63) is 29.8 Å². The van der Waals surface area contributed by atoms with Gasteiger partial charge in [-0.1, -0.05) is 25.1 Å². The molecule has 17 heavy (non-hydrogen) atoms. The predicted octanol–water partition coefficient (Wildman–Crippen LogP) is 2.63. The van der Waals surface area contributed by atoms with Crippen LogP contribution in [0.15, 0.2) is 24.3 Å². The first-order valence-corrected chi connectivity index (χ1v) is 6.04. The highest BCUT2D eigenvalue weighted by Crippen LogP contribution is 2.24. The summed E-state index contributed by atoms with van der Waals surface area (Å²) in [6.45, 7) is 6.04. The Bertz CT molecular complexity index is 328. The fourth-order valence-corrected chi connectivity index (χ4v) is 1.86. The average Bonchev–Trinajstić information content (AvgIpc) is 2.36. The number of nitrogens with one attached hydrogen (secondary N) is 1. The highest BCUT2D eigenvalue weighted by Gasteiger charge is 2.11. The first-order chi connectivity index (χ1) is 8.19. The van der Waals surface area contributed by atoms with Crippen molar-refractivity contribution in [2.75, 3.05) is 27.4 Å². The molecule has 0 aromatic heterocycles. The van der Waals surface area contributed by atoms with Crippen LogP contribution >= 0.6 is 0 Å². The maximum absolute atomic E-state index is 5.36. The van der Waals surface area contributed by atoms with Crippen molar-refractivity contribution in [3.8, 4) is 5.75 Å². The van der Waals surface area contributed by atoms with Crippen LogP contribution in [0.2, 0.25) is 0 Å². The number of rotatable bonds is 7. The Balaban J connectivity index is 2.54. The summed E-state index contributed by atoms with van der Waals surface area (Å²) in [5, 5.41) is 3.50. The minimum absolute atomic E-state index is 0.283. The van der Waals surface area contributed by atoms with Gasteiger partial charge in [0, 0.05) is 31.9 Å². The molecule has 0 bridgehead atoms. The van der Waals surface area contributed by atoms with E-state index in [9.17, 15) is 0 Å². The zero-order chi connectivity index (χ0) is 12.7. The molecule has 0 spiro atoms. The maximum atomic E-state index is 5.36. The molecule has 0 heterocycles. The Labute approximate surface area is 104 Å². The largest absolute Gasteiger partial charge is 0.496 e. The molecule has 0 fully saturated rings. The van der Waals surface area contributed by atoms with Gasteiger partial charge in [-0.3, -0.25) is 0 Å². The molecule has 3 heteroatoms. The van der Waals surface area contributed by atoms with Crippen LogP contribution in [-0.2, 0) is 4.74 Å². The molecule has 0 aliphatic heterocycles. The Morgan fingerprint density at radius 3 is 2.53 bits per heavy atom. The van der Waals surface area contributed by atoms with Gasteiger partial charge in [-0.05, 0) is 18.9 Å². The van der Waals surface area contributed by atoms with Crippen LogP contribution in [0.5, 0.6) is 5.75 Å². The molecule has 96 valence electrons. The fraction of sp³-hybridized carbons (Fsp3) is 0.571. The van der Waals surface area contributed by atoms with Crippen molar-refractivity contribution in [1.82, 2.24) is 5.32 Å². The summed E-state index contributed by atoms with van der Waals surface area (Å²) in [7, 11) is 3.44. The van der Waals surface area contributed by atoms with Crippen molar-refractivity contribution in [2.45, 2.75) is 19.9 Å².